The summed E-state index contributed by atoms with van der Waals surface area (Å²) in [5.41, 5.74) is 3.64. The number of nitrogens with one attached hydrogen (secondary N) is 1. The summed E-state index contributed by atoms with van der Waals surface area (Å²) in [7, 11) is 0. The lowest BCUT2D eigenvalue weighted by Gasteiger charge is -2.08. The molecule has 134 valence electrons. The molecule has 2 aromatic heterocycles. The minimum atomic E-state index is -0.731. The molecule has 28 heavy (non-hydrogen) atoms. The molecule has 1 amide bonds. The second kappa shape index (κ2) is 7.22. The molecule has 5 heteroatoms. The molecular weight excluding hydrogens is 350 g/mol. The monoisotopic (exact) mass is 365 g/mol. The maximum absolute atomic E-state index is 13.1. The van der Waals surface area contributed by atoms with Gasteiger partial charge < -0.3 is 9.72 Å². The minimum Gasteiger partial charge on any atom is -0.319 e. The molecule has 0 aliphatic rings. The van der Waals surface area contributed by atoms with E-state index in [0.29, 0.717) is 22.5 Å². The maximum Gasteiger partial charge on any atom is 0.298 e. The van der Waals surface area contributed by atoms with Gasteiger partial charge in [0, 0.05) is 23.0 Å². The van der Waals surface area contributed by atoms with E-state index >= 15 is 0 Å². The number of benzene rings is 2. The van der Waals surface area contributed by atoms with Gasteiger partial charge >= 0.3 is 0 Å². The summed E-state index contributed by atoms with van der Waals surface area (Å²) >= 11 is 0. The largest absolute Gasteiger partial charge is 0.319 e. The highest BCUT2D eigenvalue weighted by atomic mass is 16.2. The molecule has 0 radical (unpaired) electrons. The van der Waals surface area contributed by atoms with Crippen LogP contribution in [-0.4, -0.2) is 16.1 Å². The van der Waals surface area contributed by atoms with Crippen molar-refractivity contribution in [2.24, 2.45) is 0 Å². The van der Waals surface area contributed by atoms with Gasteiger partial charge in [-0.25, -0.2) is 0 Å². The highest BCUT2D eigenvalue weighted by Gasteiger charge is 2.24. The van der Waals surface area contributed by atoms with E-state index < -0.39 is 11.7 Å². The SMILES string of the molecule is N#Cc1ccc(NC(=O)C(=O)c2c(-c3ccccc3)cc3ccccn23)cc1. The van der Waals surface area contributed by atoms with Crippen LogP contribution in [0.3, 0.4) is 0 Å². The molecule has 0 aliphatic heterocycles. The van der Waals surface area contributed by atoms with Crippen molar-refractivity contribution >= 4 is 22.9 Å². The Bertz CT molecular complexity index is 1220. The predicted molar refractivity (Wildman–Crippen MR) is 107 cm³/mol. The smallest absolute Gasteiger partial charge is 0.298 e. The molecule has 4 aromatic rings. The van der Waals surface area contributed by atoms with Crippen LogP contribution in [0.5, 0.6) is 0 Å². The van der Waals surface area contributed by atoms with Crippen LogP contribution < -0.4 is 5.32 Å². The van der Waals surface area contributed by atoms with E-state index in [9.17, 15) is 9.59 Å². The fourth-order valence-electron chi connectivity index (χ4n) is 3.12. The molecule has 5 nitrogen and oxygen atoms in total. The number of carbonyl (C=O) groups excluding carboxylic acids is 2. The molecule has 2 heterocycles. The number of hydrogen-bond acceptors (Lipinski definition) is 3. The number of aromatic nitrogens is 1. The second-order valence-corrected chi connectivity index (χ2v) is 6.24. The molecule has 0 fully saturated rings. The minimum absolute atomic E-state index is 0.313. The van der Waals surface area contributed by atoms with E-state index in [1.807, 2.05) is 60.7 Å². The number of fused-ring (bicyclic) bond motifs is 1. The van der Waals surface area contributed by atoms with E-state index in [-0.39, 0.29) is 0 Å². The van der Waals surface area contributed by atoms with Crippen LogP contribution in [0.1, 0.15) is 16.1 Å². The molecule has 4 rings (SSSR count). The number of nitriles is 1. The second-order valence-electron chi connectivity index (χ2n) is 6.24. The van der Waals surface area contributed by atoms with E-state index in [2.05, 4.69) is 5.32 Å². The molecule has 1 N–H and O–H groups in total. The van der Waals surface area contributed by atoms with E-state index in [1.54, 1.807) is 34.9 Å². The number of nitrogens with zero attached hydrogens (tertiary/aromatic N) is 2. The first-order chi connectivity index (χ1) is 13.7. The summed E-state index contributed by atoms with van der Waals surface area (Å²) in [6.07, 6.45) is 1.77. The van der Waals surface area contributed by atoms with Gasteiger partial charge in [-0.1, -0.05) is 36.4 Å². The lowest BCUT2D eigenvalue weighted by Crippen LogP contribution is -2.24. The van der Waals surface area contributed by atoms with E-state index in [1.165, 1.54) is 0 Å². The number of hydrogen-bond donors (Lipinski definition) is 1. The number of rotatable bonds is 4. The van der Waals surface area contributed by atoms with E-state index in [4.69, 9.17) is 5.26 Å². The van der Waals surface area contributed by atoms with Crippen LogP contribution in [0, 0.1) is 11.3 Å². The summed E-state index contributed by atoms with van der Waals surface area (Å²) in [5, 5.41) is 11.5. The third-order valence-corrected chi connectivity index (χ3v) is 4.46. The Hall–Kier alpha value is -4.17. The molecule has 0 bridgehead atoms. The lowest BCUT2D eigenvalue weighted by molar-refractivity contribution is -0.112. The first-order valence-corrected chi connectivity index (χ1v) is 8.69. The van der Waals surface area contributed by atoms with Crippen molar-refractivity contribution in [3.05, 3.63) is 96.3 Å². The molecule has 0 saturated carbocycles. The number of amides is 1. The fraction of sp³-hybridized carbons (Fsp3) is 0. The molecule has 0 atom stereocenters. The molecule has 0 unspecified atom stereocenters. The van der Waals surface area contributed by atoms with Crippen molar-refractivity contribution in [3.63, 3.8) is 0 Å². The summed E-state index contributed by atoms with van der Waals surface area (Å²) in [5.74, 6) is -1.36. The molecule has 0 aliphatic carbocycles. The van der Waals surface area contributed by atoms with Crippen molar-refractivity contribution in [2.75, 3.05) is 5.32 Å². The van der Waals surface area contributed by atoms with Crippen LogP contribution in [0.4, 0.5) is 5.69 Å². The van der Waals surface area contributed by atoms with Gasteiger partial charge in [0.1, 0.15) is 5.69 Å². The van der Waals surface area contributed by atoms with Gasteiger partial charge in [-0.2, -0.15) is 5.26 Å². The Balaban J connectivity index is 1.73. The van der Waals surface area contributed by atoms with Crippen molar-refractivity contribution in [3.8, 4) is 17.2 Å². The van der Waals surface area contributed by atoms with Crippen molar-refractivity contribution in [2.45, 2.75) is 0 Å². The first kappa shape index (κ1) is 17.3. The summed E-state index contributed by atoms with van der Waals surface area (Å²) in [6, 6.07) is 25.4. The molecule has 0 spiro atoms. The standard InChI is InChI=1S/C23H15N3O2/c24-15-16-9-11-18(12-10-16)25-23(28)22(27)21-20(17-6-2-1-3-7-17)14-19-8-4-5-13-26(19)21/h1-14H,(H,25,28). The zero-order chi connectivity index (χ0) is 19.5. The van der Waals surface area contributed by atoms with Crippen LogP contribution in [0.15, 0.2) is 85.1 Å². The van der Waals surface area contributed by atoms with Gasteiger partial charge in [0.2, 0.25) is 0 Å². The fourth-order valence-corrected chi connectivity index (χ4v) is 3.12. The van der Waals surface area contributed by atoms with Crippen molar-refractivity contribution < 1.29 is 9.59 Å². The summed E-state index contributed by atoms with van der Waals surface area (Å²) in [4.78, 5) is 25.7. The Morgan fingerprint density at radius 1 is 0.893 bits per heavy atom. The zero-order valence-corrected chi connectivity index (χ0v) is 14.8. The summed E-state index contributed by atoms with van der Waals surface area (Å²) < 4.78 is 1.73. The Morgan fingerprint density at radius 3 is 2.32 bits per heavy atom. The number of ketones is 1. The average Bonchev–Trinajstić information content (AvgIpc) is 3.14. The third kappa shape index (κ3) is 3.15. The highest BCUT2D eigenvalue weighted by molar-refractivity contribution is 6.47. The van der Waals surface area contributed by atoms with Gasteiger partial charge in [-0.15, -0.1) is 0 Å². The van der Waals surface area contributed by atoms with Crippen LogP contribution >= 0.6 is 0 Å². The van der Waals surface area contributed by atoms with Crippen LogP contribution in [0.2, 0.25) is 0 Å². The first-order valence-electron chi connectivity index (χ1n) is 8.69. The van der Waals surface area contributed by atoms with Gasteiger partial charge in [-0.05, 0) is 48.0 Å². The predicted octanol–water partition coefficient (Wildman–Crippen LogP) is 4.30. The lowest BCUT2D eigenvalue weighted by atomic mass is 10.0. The molecular formula is C23H15N3O2. The van der Waals surface area contributed by atoms with Gasteiger partial charge in [0.15, 0.2) is 0 Å². The number of Topliss-reactive ketones (excluding diaryl/α,β-unsaturated/α-hetero) is 1. The van der Waals surface area contributed by atoms with Gasteiger partial charge in [0.05, 0.1) is 11.6 Å². The van der Waals surface area contributed by atoms with Crippen LogP contribution in [-0.2, 0) is 4.79 Å². The number of anilines is 1. The third-order valence-electron chi connectivity index (χ3n) is 4.46. The summed E-state index contributed by atoms with van der Waals surface area (Å²) in [6.45, 7) is 0. The molecule has 2 aromatic carbocycles. The van der Waals surface area contributed by atoms with Gasteiger partial charge in [-0.3, -0.25) is 9.59 Å². The normalized spacial score (nSPS) is 10.4. The Kier molecular flexibility index (Phi) is 4.45. The average molecular weight is 365 g/mol. The number of pyridine rings is 1. The number of carbonyl (C=O) groups is 2. The Morgan fingerprint density at radius 2 is 1.61 bits per heavy atom. The van der Waals surface area contributed by atoms with E-state index in [0.717, 1.165) is 11.1 Å². The maximum atomic E-state index is 13.1. The van der Waals surface area contributed by atoms with Crippen LogP contribution in [0.25, 0.3) is 16.6 Å². The molecule has 0 saturated heterocycles. The van der Waals surface area contributed by atoms with Crippen molar-refractivity contribution in [1.82, 2.24) is 4.40 Å². The Labute approximate surface area is 161 Å². The highest BCUT2D eigenvalue weighted by Crippen LogP contribution is 2.28. The van der Waals surface area contributed by atoms with Gasteiger partial charge in [0.25, 0.3) is 11.7 Å². The van der Waals surface area contributed by atoms with Crippen molar-refractivity contribution in [1.29, 1.82) is 5.26 Å². The topological polar surface area (TPSA) is 74.4 Å². The quantitative estimate of drug-likeness (QED) is 0.433. The zero-order valence-electron chi connectivity index (χ0n) is 14.8.